The summed E-state index contributed by atoms with van der Waals surface area (Å²) in [5.74, 6) is -8.74. The van der Waals surface area contributed by atoms with Crippen molar-refractivity contribution in [2.45, 2.75) is 129 Å². The van der Waals surface area contributed by atoms with Gasteiger partial charge in [0, 0.05) is 0 Å². The van der Waals surface area contributed by atoms with Gasteiger partial charge in [-0.2, -0.15) is 8.78 Å². The lowest BCUT2D eigenvalue weighted by atomic mass is 9.83. The first kappa shape index (κ1) is 35.5. The first-order chi connectivity index (χ1) is 18.4. The topological polar surface area (TPSA) is 143 Å². The number of halogens is 2. The number of alkyl carbamates (subject to hydrolysis) is 1. The van der Waals surface area contributed by atoms with Crippen molar-refractivity contribution in [2.24, 2.45) is 17.8 Å². The molecule has 40 heavy (non-hydrogen) atoms. The highest BCUT2D eigenvalue weighted by atomic mass is 19.3. The summed E-state index contributed by atoms with van der Waals surface area (Å²) in [7, 11) is 1.17. The van der Waals surface area contributed by atoms with Crippen LogP contribution in [-0.4, -0.2) is 71.8 Å². The smallest absolute Gasteiger partial charge is 0.407 e. The van der Waals surface area contributed by atoms with Crippen LogP contribution in [0.15, 0.2) is 0 Å². The number of aliphatic hydroxyl groups excluding tert-OH is 1. The Kier molecular flexibility index (Phi) is 13.8. The van der Waals surface area contributed by atoms with Crippen LogP contribution in [0.2, 0.25) is 0 Å². The van der Waals surface area contributed by atoms with Crippen LogP contribution in [0.1, 0.15) is 93.4 Å². The summed E-state index contributed by atoms with van der Waals surface area (Å²) >= 11 is 0. The summed E-state index contributed by atoms with van der Waals surface area (Å²) in [4.78, 5) is 50.5. The van der Waals surface area contributed by atoms with Gasteiger partial charge >= 0.3 is 18.0 Å². The van der Waals surface area contributed by atoms with Crippen LogP contribution in [0.4, 0.5) is 13.6 Å². The van der Waals surface area contributed by atoms with Crippen LogP contribution in [-0.2, 0) is 23.9 Å². The highest BCUT2D eigenvalue weighted by Crippen LogP contribution is 2.31. The van der Waals surface area contributed by atoms with E-state index in [2.05, 4.69) is 10.6 Å². The summed E-state index contributed by atoms with van der Waals surface area (Å²) in [6.45, 7) is 11.5. The molecule has 1 aliphatic rings. The fourth-order valence-corrected chi connectivity index (χ4v) is 4.71. The molecule has 0 aromatic carbocycles. The first-order valence-electron chi connectivity index (χ1n) is 14.2. The molecule has 12 heteroatoms. The number of nitrogens with one attached hydrogen (secondary N) is 3. The van der Waals surface area contributed by atoms with E-state index >= 15 is 8.78 Å². The lowest BCUT2D eigenvalue weighted by Gasteiger charge is -2.34. The molecular weight excluding hydrogens is 528 g/mol. The van der Waals surface area contributed by atoms with Crippen LogP contribution in [0.3, 0.4) is 0 Å². The highest BCUT2D eigenvalue weighted by molar-refractivity contribution is 5.93. The molecule has 0 spiro atoms. The Morgan fingerprint density at radius 1 is 0.950 bits per heavy atom. The quantitative estimate of drug-likeness (QED) is 0.245. The van der Waals surface area contributed by atoms with Crippen molar-refractivity contribution in [3.63, 3.8) is 0 Å². The third kappa shape index (κ3) is 10.8. The number of aliphatic hydroxyl groups is 1. The van der Waals surface area contributed by atoms with Crippen molar-refractivity contribution in [3.8, 4) is 0 Å². The Bertz CT molecular complexity index is 857. The van der Waals surface area contributed by atoms with Crippen LogP contribution in [0.5, 0.6) is 0 Å². The SMILES string of the molecule is CC[C@H](C)[C@H](NC(=O)[C@@H](NC(=O)C(F)(F)[C@H](O)[C@H](CC1CCCCC1)NC(=O)OC(C)(C)C)C(C)C)C(=O)OC. The Labute approximate surface area is 236 Å². The maximum Gasteiger partial charge on any atom is 0.407 e. The fourth-order valence-electron chi connectivity index (χ4n) is 4.71. The molecule has 0 radical (unpaired) electrons. The van der Waals surface area contributed by atoms with E-state index in [9.17, 15) is 24.3 Å². The second kappa shape index (κ2) is 15.5. The minimum absolute atomic E-state index is 0.0211. The van der Waals surface area contributed by atoms with E-state index in [1.165, 1.54) is 7.11 Å². The van der Waals surface area contributed by atoms with Gasteiger partial charge in [-0.05, 0) is 44.9 Å². The molecular formula is C28H49F2N3O7. The van der Waals surface area contributed by atoms with E-state index in [0.29, 0.717) is 6.42 Å². The van der Waals surface area contributed by atoms with Crippen LogP contribution in [0, 0.1) is 17.8 Å². The minimum atomic E-state index is -4.36. The molecule has 0 aromatic heterocycles. The normalized spacial score (nSPS) is 18.6. The Morgan fingerprint density at radius 2 is 1.52 bits per heavy atom. The zero-order chi connectivity index (χ0) is 30.8. The Balaban J connectivity index is 3.14. The molecule has 0 aromatic rings. The predicted molar refractivity (Wildman–Crippen MR) is 145 cm³/mol. The van der Waals surface area contributed by atoms with Gasteiger partial charge < -0.3 is 30.5 Å². The van der Waals surface area contributed by atoms with Gasteiger partial charge in [-0.1, -0.05) is 66.2 Å². The average Bonchev–Trinajstić information content (AvgIpc) is 2.87. The van der Waals surface area contributed by atoms with Gasteiger partial charge in [0.05, 0.1) is 13.2 Å². The van der Waals surface area contributed by atoms with Gasteiger partial charge in [-0.25, -0.2) is 9.59 Å². The molecule has 0 unspecified atom stereocenters. The minimum Gasteiger partial charge on any atom is -0.467 e. The van der Waals surface area contributed by atoms with Crippen molar-refractivity contribution >= 4 is 23.9 Å². The number of ether oxygens (including phenoxy) is 2. The molecule has 0 heterocycles. The maximum atomic E-state index is 15.5. The molecule has 0 bridgehead atoms. The van der Waals surface area contributed by atoms with Gasteiger partial charge in [0.15, 0.2) is 0 Å². The van der Waals surface area contributed by atoms with Gasteiger partial charge in [-0.3, -0.25) is 9.59 Å². The van der Waals surface area contributed by atoms with Crippen molar-refractivity contribution < 1.29 is 42.5 Å². The molecule has 1 aliphatic carbocycles. The summed E-state index contributed by atoms with van der Waals surface area (Å²) in [5.41, 5.74) is -0.903. The standard InChI is InChI=1S/C28H49F2N3O7/c1-9-17(4)21(24(36)39-8)32-23(35)20(16(2)3)33-25(37)28(29,30)22(34)19(15-18-13-11-10-12-14-18)31-26(38)40-27(5,6)7/h16-22,34H,9-15H2,1-8H3,(H,31,38)(H,32,35)(H,33,37)/t17-,19-,20-,21-,22+/m0/s1. The van der Waals surface area contributed by atoms with Gasteiger partial charge in [-0.15, -0.1) is 0 Å². The summed E-state index contributed by atoms with van der Waals surface area (Å²) in [6, 6.07) is -3.94. The molecule has 232 valence electrons. The molecule has 10 nitrogen and oxygen atoms in total. The predicted octanol–water partition coefficient (Wildman–Crippen LogP) is 3.69. The van der Waals surface area contributed by atoms with E-state index in [0.717, 1.165) is 32.1 Å². The number of amides is 3. The highest BCUT2D eigenvalue weighted by Gasteiger charge is 2.52. The van der Waals surface area contributed by atoms with Gasteiger partial charge in [0.25, 0.3) is 5.91 Å². The Hall–Kier alpha value is -2.50. The van der Waals surface area contributed by atoms with Crippen LogP contribution >= 0.6 is 0 Å². The number of alkyl halides is 2. The molecule has 1 rings (SSSR count). The second-order valence-electron chi connectivity index (χ2n) is 12.2. The molecule has 0 saturated heterocycles. The van der Waals surface area contributed by atoms with Gasteiger partial charge in [0.1, 0.15) is 23.8 Å². The molecule has 3 amide bonds. The second-order valence-corrected chi connectivity index (χ2v) is 12.2. The zero-order valence-electron chi connectivity index (χ0n) is 25.1. The average molecular weight is 578 g/mol. The first-order valence-corrected chi connectivity index (χ1v) is 14.2. The lowest BCUT2D eigenvalue weighted by molar-refractivity contribution is -0.169. The molecule has 1 saturated carbocycles. The van der Waals surface area contributed by atoms with Crippen LogP contribution in [0.25, 0.3) is 0 Å². The molecule has 1 fully saturated rings. The zero-order valence-corrected chi connectivity index (χ0v) is 25.1. The lowest BCUT2D eigenvalue weighted by Crippen LogP contribution is -2.62. The third-order valence-corrected chi connectivity index (χ3v) is 7.27. The van der Waals surface area contributed by atoms with E-state index in [1.54, 1.807) is 41.5 Å². The fraction of sp³-hybridized carbons (Fsp3) is 0.857. The number of hydrogen-bond donors (Lipinski definition) is 4. The number of esters is 1. The maximum absolute atomic E-state index is 15.5. The van der Waals surface area contributed by atoms with Crippen molar-refractivity contribution in [2.75, 3.05) is 7.11 Å². The largest absolute Gasteiger partial charge is 0.467 e. The van der Waals surface area contributed by atoms with E-state index in [1.807, 2.05) is 12.2 Å². The van der Waals surface area contributed by atoms with E-state index < -0.39 is 65.5 Å². The number of carbonyl (C=O) groups is 4. The molecule has 5 atom stereocenters. The number of methoxy groups -OCH3 is 1. The summed E-state index contributed by atoms with van der Waals surface area (Å²) in [6.07, 6.45) is 1.34. The molecule has 0 aliphatic heterocycles. The van der Waals surface area contributed by atoms with Crippen LogP contribution < -0.4 is 16.0 Å². The number of carbonyl (C=O) groups excluding carboxylic acids is 4. The third-order valence-electron chi connectivity index (χ3n) is 7.27. The monoisotopic (exact) mass is 577 g/mol. The van der Waals surface area contributed by atoms with E-state index in [4.69, 9.17) is 9.47 Å². The number of hydrogen-bond acceptors (Lipinski definition) is 7. The summed E-state index contributed by atoms with van der Waals surface area (Å²) in [5, 5.41) is 17.7. The molecule has 4 N–H and O–H groups in total. The Morgan fingerprint density at radius 3 is 2.00 bits per heavy atom. The van der Waals surface area contributed by atoms with Crippen molar-refractivity contribution in [3.05, 3.63) is 0 Å². The van der Waals surface area contributed by atoms with Gasteiger partial charge in [0.2, 0.25) is 5.91 Å². The van der Waals surface area contributed by atoms with Crippen molar-refractivity contribution in [1.29, 1.82) is 0 Å². The van der Waals surface area contributed by atoms with E-state index in [-0.39, 0.29) is 18.3 Å². The van der Waals surface area contributed by atoms with Crippen molar-refractivity contribution in [1.82, 2.24) is 16.0 Å². The number of rotatable bonds is 13. The summed E-state index contributed by atoms with van der Waals surface area (Å²) < 4.78 is 40.9.